The van der Waals surface area contributed by atoms with E-state index in [1.165, 1.54) is 16.8 Å². The van der Waals surface area contributed by atoms with Crippen LogP contribution in [0.25, 0.3) is 5.69 Å². The first-order valence-corrected chi connectivity index (χ1v) is 6.96. The third kappa shape index (κ3) is 3.04. The van der Waals surface area contributed by atoms with Gasteiger partial charge in [-0.25, -0.2) is 4.68 Å². The van der Waals surface area contributed by atoms with Crippen molar-refractivity contribution in [3.63, 3.8) is 0 Å². The molecule has 19 heavy (non-hydrogen) atoms. The van der Waals surface area contributed by atoms with Crippen LogP contribution in [0.15, 0.2) is 24.3 Å². The van der Waals surface area contributed by atoms with E-state index in [4.69, 9.17) is 0 Å². The summed E-state index contributed by atoms with van der Waals surface area (Å²) in [6, 6.07) is 8.58. The summed E-state index contributed by atoms with van der Waals surface area (Å²) in [6.45, 7) is 10.5. The van der Waals surface area contributed by atoms with E-state index in [0.717, 1.165) is 30.9 Å². The van der Waals surface area contributed by atoms with Gasteiger partial charge in [-0.3, -0.25) is 0 Å². The largest absolute Gasteiger partial charge is 0.313 e. The van der Waals surface area contributed by atoms with Crippen LogP contribution in [0.5, 0.6) is 0 Å². The lowest BCUT2D eigenvalue weighted by molar-refractivity contribution is 0.674. The van der Waals surface area contributed by atoms with E-state index in [1.54, 1.807) is 0 Å². The minimum absolute atomic E-state index is 0.917. The van der Waals surface area contributed by atoms with Gasteiger partial charge in [0, 0.05) is 12.2 Å². The van der Waals surface area contributed by atoms with Crippen LogP contribution in [0.3, 0.4) is 0 Å². The van der Waals surface area contributed by atoms with Crippen molar-refractivity contribution in [3.05, 3.63) is 46.8 Å². The lowest BCUT2D eigenvalue weighted by atomic mass is 10.2. The van der Waals surface area contributed by atoms with Crippen LogP contribution in [-0.4, -0.2) is 16.3 Å². The minimum atomic E-state index is 0.917. The molecule has 0 spiro atoms. The molecule has 0 amide bonds. The van der Waals surface area contributed by atoms with E-state index in [-0.39, 0.29) is 0 Å². The second-order valence-electron chi connectivity index (χ2n) is 5.05. The lowest BCUT2D eigenvalue weighted by Crippen LogP contribution is -2.14. The zero-order chi connectivity index (χ0) is 13.8. The summed E-state index contributed by atoms with van der Waals surface area (Å²) < 4.78 is 2.04. The molecular formula is C16H23N3. The number of hydrogen-bond acceptors (Lipinski definition) is 2. The van der Waals surface area contributed by atoms with Gasteiger partial charge in [0.05, 0.1) is 11.4 Å². The molecule has 0 fully saturated rings. The van der Waals surface area contributed by atoms with Crippen molar-refractivity contribution in [2.24, 2.45) is 0 Å². The first kappa shape index (κ1) is 13.8. The van der Waals surface area contributed by atoms with Crippen LogP contribution in [0.1, 0.15) is 35.9 Å². The Morgan fingerprint density at radius 3 is 2.63 bits per heavy atom. The predicted molar refractivity (Wildman–Crippen MR) is 79.8 cm³/mol. The Labute approximate surface area is 115 Å². The molecule has 0 aliphatic heterocycles. The molecule has 1 aromatic carbocycles. The minimum Gasteiger partial charge on any atom is -0.313 e. The fraction of sp³-hybridized carbons (Fsp3) is 0.438. The monoisotopic (exact) mass is 257 g/mol. The fourth-order valence-corrected chi connectivity index (χ4v) is 2.18. The molecule has 0 saturated carbocycles. The Bertz CT molecular complexity index is 555. The fourth-order valence-electron chi connectivity index (χ4n) is 2.18. The second kappa shape index (κ2) is 6.02. The van der Waals surface area contributed by atoms with E-state index in [0.29, 0.717) is 0 Å². The van der Waals surface area contributed by atoms with Crippen molar-refractivity contribution >= 4 is 0 Å². The Kier molecular flexibility index (Phi) is 4.38. The highest BCUT2D eigenvalue weighted by atomic mass is 15.3. The highest BCUT2D eigenvalue weighted by Crippen LogP contribution is 2.17. The smallest absolute Gasteiger partial charge is 0.0652 e. The zero-order valence-corrected chi connectivity index (χ0v) is 12.3. The van der Waals surface area contributed by atoms with Gasteiger partial charge in [-0.1, -0.05) is 19.1 Å². The number of aryl methyl sites for hydroxylation is 1. The molecular weight excluding hydrogens is 234 g/mol. The van der Waals surface area contributed by atoms with Crippen molar-refractivity contribution < 1.29 is 0 Å². The molecule has 102 valence electrons. The maximum absolute atomic E-state index is 4.61. The molecule has 0 bridgehead atoms. The summed E-state index contributed by atoms with van der Waals surface area (Å²) in [7, 11) is 0. The number of aromatic nitrogens is 2. The number of benzene rings is 1. The van der Waals surface area contributed by atoms with Gasteiger partial charge in [0.1, 0.15) is 0 Å². The van der Waals surface area contributed by atoms with E-state index in [2.05, 4.69) is 62.4 Å². The molecule has 3 nitrogen and oxygen atoms in total. The van der Waals surface area contributed by atoms with Crippen molar-refractivity contribution in [2.45, 2.75) is 40.7 Å². The summed E-state index contributed by atoms with van der Waals surface area (Å²) in [4.78, 5) is 0. The van der Waals surface area contributed by atoms with Crippen molar-refractivity contribution in [1.29, 1.82) is 0 Å². The summed E-state index contributed by atoms with van der Waals surface area (Å²) in [6.07, 6.45) is 1.16. The molecule has 2 rings (SSSR count). The van der Waals surface area contributed by atoms with Gasteiger partial charge in [0.2, 0.25) is 0 Å². The van der Waals surface area contributed by atoms with Crippen LogP contribution in [-0.2, 0) is 6.54 Å². The first-order valence-electron chi connectivity index (χ1n) is 6.96. The number of hydrogen-bond donors (Lipinski definition) is 1. The molecule has 3 heteroatoms. The van der Waals surface area contributed by atoms with Gasteiger partial charge in [0.25, 0.3) is 0 Å². The molecule has 0 atom stereocenters. The SMILES string of the molecule is CCCNCc1cccc(-n2nc(C)c(C)c2C)c1. The normalized spacial score (nSPS) is 10.9. The number of nitrogens with one attached hydrogen (secondary N) is 1. The van der Waals surface area contributed by atoms with Gasteiger partial charge < -0.3 is 5.32 Å². The van der Waals surface area contributed by atoms with Crippen LogP contribution in [0.4, 0.5) is 0 Å². The molecule has 1 aromatic heterocycles. The van der Waals surface area contributed by atoms with Crippen LogP contribution < -0.4 is 5.32 Å². The lowest BCUT2D eigenvalue weighted by Gasteiger charge is -2.08. The van der Waals surface area contributed by atoms with Crippen LogP contribution >= 0.6 is 0 Å². The molecule has 0 aliphatic carbocycles. The van der Waals surface area contributed by atoms with Crippen molar-refractivity contribution in [2.75, 3.05) is 6.54 Å². The van der Waals surface area contributed by atoms with Crippen molar-refractivity contribution in [3.8, 4) is 5.69 Å². The number of nitrogens with zero attached hydrogens (tertiary/aromatic N) is 2. The Morgan fingerprint density at radius 2 is 2.00 bits per heavy atom. The average molecular weight is 257 g/mol. The molecule has 0 saturated heterocycles. The first-order chi connectivity index (χ1) is 9.13. The van der Waals surface area contributed by atoms with Gasteiger partial charge >= 0.3 is 0 Å². The van der Waals surface area contributed by atoms with Crippen LogP contribution in [0.2, 0.25) is 0 Å². The molecule has 1 heterocycles. The molecule has 0 unspecified atom stereocenters. The standard InChI is InChI=1S/C16H23N3/c1-5-9-17-11-15-7-6-8-16(10-15)19-14(4)12(2)13(3)18-19/h6-8,10,17H,5,9,11H2,1-4H3. The van der Waals surface area contributed by atoms with Gasteiger partial charge in [-0.05, 0) is 57.0 Å². The highest BCUT2D eigenvalue weighted by molar-refractivity contribution is 5.39. The Morgan fingerprint density at radius 1 is 1.21 bits per heavy atom. The maximum atomic E-state index is 4.61. The predicted octanol–water partition coefficient (Wildman–Crippen LogP) is 3.30. The van der Waals surface area contributed by atoms with Crippen LogP contribution in [0, 0.1) is 20.8 Å². The van der Waals surface area contributed by atoms with E-state index in [1.807, 2.05) is 4.68 Å². The molecule has 0 radical (unpaired) electrons. The quantitative estimate of drug-likeness (QED) is 0.833. The summed E-state index contributed by atoms with van der Waals surface area (Å²) in [5.41, 5.74) is 6.04. The third-order valence-corrected chi connectivity index (χ3v) is 3.56. The molecule has 1 N–H and O–H groups in total. The Hall–Kier alpha value is -1.61. The average Bonchev–Trinajstić information content (AvgIpc) is 2.67. The topological polar surface area (TPSA) is 29.9 Å². The number of rotatable bonds is 5. The summed E-state index contributed by atoms with van der Waals surface area (Å²) in [5.74, 6) is 0. The van der Waals surface area contributed by atoms with Gasteiger partial charge in [0.15, 0.2) is 0 Å². The Balaban J connectivity index is 2.25. The summed E-state index contributed by atoms with van der Waals surface area (Å²) in [5, 5.41) is 8.05. The van der Waals surface area contributed by atoms with Gasteiger partial charge in [-0.2, -0.15) is 5.10 Å². The zero-order valence-electron chi connectivity index (χ0n) is 12.3. The van der Waals surface area contributed by atoms with E-state index in [9.17, 15) is 0 Å². The molecule has 2 aromatic rings. The highest BCUT2D eigenvalue weighted by Gasteiger charge is 2.08. The summed E-state index contributed by atoms with van der Waals surface area (Å²) >= 11 is 0. The third-order valence-electron chi connectivity index (χ3n) is 3.56. The van der Waals surface area contributed by atoms with E-state index >= 15 is 0 Å². The van der Waals surface area contributed by atoms with Gasteiger partial charge in [-0.15, -0.1) is 0 Å². The van der Waals surface area contributed by atoms with Crippen molar-refractivity contribution in [1.82, 2.24) is 15.1 Å². The maximum Gasteiger partial charge on any atom is 0.0652 e. The molecule has 0 aliphatic rings. The second-order valence-corrected chi connectivity index (χ2v) is 5.05. The van der Waals surface area contributed by atoms with E-state index < -0.39 is 0 Å².